The van der Waals surface area contributed by atoms with E-state index < -0.39 is 0 Å². The molecule has 1 aromatic carbocycles. The lowest BCUT2D eigenvalue weighted by atomic mass is 10.1. The van der Waals surface area contributed by atoms with Crippen molar-refractivity contribution in [2.75, 3.05) is 27.3 Å². The lowest BCUT2D eigenvalue weighted by Crippen LogP contribution is -2.44. The Hall–Kier alpha value is -2.54. The summed E-state index contributed by atoms with van der Waals surface area (Å²) in [5, 5.41) is 0.489. The number of hydrogen-bond acceptors (Lipinski definition) is 6. The van der Waals surface area contributed by atoms with Gasteiger partial charge in [-0.05, 0) is 31.0 Å². The molecule has 1 aliphatic heterocycles. The molecule has 3 rings (SSSR count). The van der Waals surface area contributed by atoms with E-state index in [1.165, 1.54) is 20.4 Å². The van der Waals surface area contributed by atoms with Crippen LogP contribution in [0, 0.1) is 0 Å². The summed E-state index contributed by atoms with van der Waals surface area (Å²) in [5.74, 6) is 1.02. The third-order valence-corrected chi connectivity index (χ3v) is 4.40. The van der Waals surface area contributed by atoms with E-state index in [9.17, 15) is 4.79 Å². The summed E-state index contributed by atoms with van der Waals surface area (Å²) < 4.78 is 16.4. The Labute approximate surface area is 156 Å². The molecule has 0 aliphatic carbocycles. The van der Waals surface area contributed by atoms with Gasteiger partial charge in [-0.25, -0.2) is 9.97 Å². The van der Waals surface area contributed by atoms with E-state index in [2.05, 4.69) is 9.97 Å². The van der Waals surface area contributed by atoms with Crippen LogP contribution in [0.2, 0.25) is 5.02 Å². The minimum atomic E-state index is -0.191. The number of ether oxygens (including phenoxy) is 3. The number of halogens is 1. The van der Waals surface area contributed by atoms with Crippen molar-refractivity contribution in [1.82, 2.24) is 14.9 Å². The van der Waals surface area contributed by atoms with Crippen LogP contribution in [0.1, 0.15) is 23.2 Å². The van der Waals surface area contributed by atoms with Crippen molar-refractivity contribution in [3.8, 4) is 17.5 Å². The van der Waals surface area contributed by atoms with Crippen molar-refractivity contribution in [3.63, 3.8) is 0 Å². The zero-order valence-electron chi connectivity index (χ0n) is 14.6. The SMILES string of the molecule is COc1ccc(Cl)cc1C(=O)N1CCCC(Oc2nccnc2OC)C1. The molecular formula is C18H20ClN3O4. The molecule has 1 atom stereocenters. The molecule has 26 heavy (non-hydrogen) atoms. The number of aromatic nitrogens is 2. The fraction of sp³-hybridized carbons (Fsp3) is 0.389. The highest BCUT2D eigenvalue weighted by Crippen LogP contribution is 2.27. The number of carbonyl (C=O) groups is 1. The Morgan fingerprint density at radius 1 is 1.19 bits per heavy atom. The highest BCUT2D eigenvalue weighted by Gasteiger charge is 2.28. The molecule has 1 fully saturated rings. The van der Waals surface area contributed by atoms with Crippen molar-refractivity contribution in [1.29, 1.82) is 0 Å². The van der Waals surface area contributed by atoms with E-state index in [1.807, 2.05) is 0 Å². The molecule has 2 heterocycles. The normalized spacial score (nSPS) is 16.9. The van der Waals surface area contributed by atoms with Gasteiger partial charge in [0.2, 0.25) is 0 Å². The molecule has 1 aromatic heterocycles. The monoisotopic (exact) mass is 377 g/mol. The number of amides is 1. The molecule has 8 heteroatoms. The Kier molecular flexibility index (Phi) is 5.78. The molecule has 138 valence electrons. The van der Waals surface area contributed by atoms with Crippen LogP contribution < -0.4 is 14.2 Å². The Morgan fingerprint density at radius 3 is 2.69 bits per heavy atom. The minimum absolute atomic E-state index is 0.135. The summed E-state index contributed by atoms with van der Waals surface area (Å²) in [6.07, 6.45) is 4.52. The van der Waals surface area contributed by atoms with E-state index in [0.717, 1.165) is 12.8 Å². The number of hydrogen-bond donors (Lipinski definition) is 0. The van der Waals surface area contributed by atoms with Gasteiger partial charge in [0.15, 0.2) is 0 Å². The molecule has 0 saturated carbocycles. The van der Waals surface area contributed by atoms with Crippen LogP contribution in [-0.4, -0.2) is 54.2 Å². The molecule has 0 bridgehead atoms. The van der Waals surface area contributed by atoms with E-state index in [-0.39, 0.29) is 12.0 Å². The zero-order chi connectivity index (χ0) is 18.5. The summed E-state index contributed by atoms with van der Waals surface area (Å²) in [6, 6.07) is 5.01. The standard InChI is InChI=1S/C18H20ClN3O4/c1-24-15-6-5-12(19)10-14(15)18(23)22-9-3-4-13(11-22)26-17-16(25-2)20-7-8-21-17/h5-8,10,13H,3-4,9,11H2,1-2H3. The number of rotatable bonds is 5. The van der Waals surface area contributed by atoms with Crippen LogP contribution in [0.25, 0.3) is 0 Å². The maximum Gasteiger partial charge on any atom is 0.278 e. The minimum Gasteiger partial charge on any atom is -0.496 e. The molecular weight excluding hydrogens is 358 g/mol. The van der Waals surface area contributed by atoms with Crippen molar-refractivity contribution < 1.29 is 19.0 Å². The summed E-state index contributed by atoms with van der Waals surface area (Å²) in [6.45, 7) is 1.08. The van der Waals surface area contributed by atoms with Gasteiger partial charge in [-0.3, -0.25) is 4.79 Å². The lowest BCUT2D eigenvalue weighted by Gasteiger charge is -2.33. The maximum atomic E-state index is 12.9. The highest BCUT2D eigenvalue weighted by molar-refractivity contribution is 6.31. The van der Waals surface area contributed by atoms with Gasteiger partial charge in [0, 0.05) is 24.0 Å². The topological polar surface area (TPSA) is 73.8 Å². The van der Waals surface area contributed by atoms with Crippen LogP contribution >= 0.6 is 11.6 Å². The molecule has 1 amide bonds. The molecule has 0 N–H and O–H groups in total. The predicted molar refractivity (Wildman–Crippen MR) is 96.1 cm³/mol. The van der Waals surface area contributed by atoms with Crippen LogP contribution in [0.4, 0.5) is 0 Å². The number of carbonyl (C=O) groups excluding carboxylic acids is 1. The van der Waals surface area contributed by atoms with E-state index >= 15 is 0 Å². The quantitative estimate of drug-likeness (QED) is 0.797. The van der Waals surface area contributed by atoms with Gasteiger partial charge in [-0.2, -0.15) is 0 Å². The number of methoxy groups -OCH3 is 2. The third kappa shape index (κ3) is 3.99. The van der Waals surface area contributed by atoms with E-state index in [4.69, 9.17) is 25.8 Å². The van der Waals surface area contributed by atoms with Gasteiger partial charge in [0.25, 0.3) is 17.7 Å². The first-order valence-electron chi connectivity index (χ1n) is 8.27. The average Bonchev–Trinajstić information content (AvgIpc) is 2.68. The number of nitrogens with zero attached hydrogens (tertiary/aromatic N) is 3. The summed E-state index contributed by atoms with van der Waals surface area (Å²) in [4.78, 5) is 22.9. The van der Waals surface area contributed by atoms with Crippen molar-refractivity contribution >= 4 is 17.5 Å². The molecule has 1 saturated heterocycles. The van der Waals surface area contributed by atoms with Gasteiger partial charge in [0.1, 0.15) is 11.9 Å². The first-order chi connectivity index (χ1) is 12.6. The van der Waals surface area contributed by atoms with Gasteiger partial charge >= 0.3 is 0 Å². The molecule has 0 radical (unpaired) electrons. The van der Waals surface area contributed by atoms with E-state index in [1.54, 1.807) is 29.3 Å². The average molecular weight is 378 g/mol. The molecule has 0 spiro atoms. The fourth-order valence-corrected chi connectivity index (χ4v) is 3.10. The summed E-state index contributed by atoms with van der Waals surface area (Å²) >= 11 is 6.05. The van der Waals surface area contributed by atoms with Crippen molar-refractivity contribution in [2.45, 2.75) is 18.9 Å². The fourth-order valence-electron chi connectivity index (χ4n) is 2.93. The summed E-state index contributed by atoms with van der Waals surface area (Å²) in [7, 11) is 3.04. The smallest absolute Gasteiger partial charge is 0.278 e. The Morgan fingerprint density at radius 2 is 1.96 bits per heavy atom. The zero-order valence-corrected chi connectivity index (χ0v) is 15.4. The molecule has 1 unspecified atom stereocenters. The molecule has 7 nitrogen and oxygen atoms in total. The Balaban J connectivity index is 1.74. The van der Waals surface area contributed by atoms with Crippen LogP contribution in [0.15, 0.2) is 30.6 Å². The van der Waals surface area contributed by atoms with Gasteiger partial charge in [0.05, 0.1) is 26.3 Å². The molecule has 1 aliphatic rings. The van der Waals surface area contributed by atoms with E-state index in [0.29, 0.717) is 41.2 Å². The van der Waals surface area contributed by atoms with Crippen LogP contribution in [0.3, 0.4) is 0 Å². The molecule has 2 aromatic rings. The van der Waals surface area contributed by atoms with Crippen LogP contribution in [0.5, 0.6) is 17.5 Å². The van der Waals surface area contributed by atoms with Crippen molar-refractivity contribution in [3.05, 3.63) is 41.2 Å². The second kappa shape index (κ2) is 8.23. The van der Waals surface area contributed by atoms with Gasteiger partial charge in [-0.15, -0.1) is 0 Å². The lowest BCUT2D eigenvalue weighted by molar-refractivity contribution is 0.0516. The predicted octanol–water partition coefficient (Wildman–Crippen LogP) is 2.83. The second-order valence-corrected chi connectivity index (χ2v) is 6.29. The largest absolute Gasteiger partial charge is 0.496 e. The first-order valence-corrected chi connectivity index (χ1v) is 8.64. The van der Waals surface area contributed by atoms with Crippen molar-refractivity contribution in [2.24, 2.45) is 0 Å². The number of likely N-dealkylation sites (tertiary alicyclic amines) is 1. The maximum absolute atomic E-state index is 12.9. The van der Waals surface area contributed by atoms with Gasteiger partial charge in [-0.1, -0.05) is 11.6 Å². The summed E-state index contributed by atoms with van der Waals surface area (Å²) in [5.41, 5.74) is 0.442. The third-order valence-electron chi connectivity index (χ3n) is 4.16. The number of piperidine rings is 1. The first kappa shape index (κ1) is 18.3. The van der Waals surface area contributed by atoms with Crippen LogP contribution in [-0.2, 0) is 0 Å². The second-order valence-electron chi connectivity index (χ2n) is 5.85. The Bertz CT molecular complexity index is 787. The number of benzene rings is 1. The van der Waals surface area contributed by atoms with Gasteiger partial charge < -0.3 is 19.1 Å². The highest BCUT2D eigenvalue weighted by atomic mass is 35.5.